The first-order chi connectivity index (χ1) is 36.6. The molecule has 1 fully saturated rings. The molecule has 12 nitrogen and oxygen atoms in total. The van der Waals surface area contributed by atoms with Crippen molar-refractivity contribution in [3.8, 4) is 0 Å². The van der Waals surface area contributed by atoms with Crippen LogP contribution in [0.1, 0.15) is 265 Å². The average molecular weight is 1060 g/mol. The molecule has 0 radical (unpaired) electrons. The van der Waals surface area contributed by atoms with Crippen LogP contribution in [0.4, 0.5) is 0 Å². The summed E-state index contributed by atoms with van der Waals surface area (Å²) in [5, 5.41) is 31.5. The Balaban J connectivity index is 2.68. The van der Waals surface area contributed by atoms with Crippen molar-refractivity contribution >= 4 is 23.9 Å². The maximum Gasteiger partial charge on any atom is 0.335 e. The third-order valence-corrected chi connectivity index (χ3v) is 13.6. The van der Waals surface area contributed by atoms with Gasteiger partial charge in [0.25, 0.3) is 0 Å². The topological polar surface area (TPSA) is 175 Å². The lowest BCUT2D eigenvalue weighted by molar-refractivity contribution is -0.301. The molecular formula is C63H108O12. The zero-order valence-corrected chi connectivity index (χ0v) is 47.5. The van der Waals surface area contributed by atoms with Gasteiger partial charge in [-0.15, -0.1) is 0 Å². The van der Waals surface area contributed by atoms with Crippen molar-refractivity contribution < 1.29 is 58.2 Å². The predicted molar refractivity (Wildman–Crippen MR) is 303 cm³/mol. The van der Waals surface area contributed by atoms with Gasteiger partial charge in [-0.05, 0) is 57.8 Å². The number of aliphatic hydroxyl groups is 2. The molecule has 0 bridgehead atoms. The van der Waals surface area contributed by atoms with Crippen LogP contribution < -0.4 is 0 Å². The summed E-state index contributed by atoms with van der Waals surface area (Å²) < 4.78 is 28.4. The number of allylic oxidation sites excluding steroid dienone is 10. The summed E-state index contributed by atoms with van der Waals surface area (Å²) in [6.07, 6.45) is 50.6. The lowest BCUT2D eigenvalue weighted by Gasteiger charge is -2.40. The largest absolute Gasteiger partial charge is 0.479 e. The van der Waals surface area contributed by atoms with Crippen molar-refractivity contribution in [2.75, 3.05) is 13.2 Å². The highest BCUT2D eigenvalue weighted by Crippen LogP contribution is 2.26. The Kier molecular flexibility index (Phi) is 47.4. The second-order valence-electron chi connectivity index (χ2n) is 20.6. The summed E-state index contributed by atoms with van der Waals surface area (Å²) >= 11 is 0. The van der Waals surface area contributed by atoms with Crippen molar-refractivity contribution in [3.63, 3.8) is 0 Å². The summed E-state index contributed by atoms with van der Waals surface area (Å²) in [7, 11) is 0. The lowest BCUT2D eigenvalue weighted by Crippen LogP contribution is -2.61. The zero-order valence-electron chi connectivity index (χ0n) is 47.5. The monoisotopic (exact) mass is 1060 g/mol. The molecule has 1 saturated heterocycles. The van der Waals surface area contributed by atoms with Crippen molar-refractivity contribution in [1.29, 1.82) is 0 Å². The molecule has 0 aromatic rings. The van der Waals surface area contributed by atoms with Gasteiger partial charge in [0.15, 0.2) is 24.6 Å². The number of aliphatic hydroxyl groups excluding tert-OH is 2. The molecule has 75 heavy (non-hydrogen) atoms. The molecule has 3 N–H and O–H groups in total. The molecule has 12 heteroatoms. The van der Waals surface area contributed by atoms with Gasteiger partial charge >= 0.3 is 23.9 Å². The molecule has 1 rings (SSSR count). The SMILES string of the molecule is CC/C=C\C/C=C\C/C=C\C/C=C\C/C=C\CCCC(=O)OC1C(OCC(COC(=O)CCCCCCCCCCCCCCCCCCC)OC(=O)CCCCCCCCCCCCC)OC(C(=O)O)C(O)C1O. The summed E-state index contributed by atoms with van der Waals surface area (Å²) in [4.78, 5) is 51.1. The van der Waals surface area contributed by atoms with E-state index in [9.17, 15) is 34.5 Å². The van der Waals surface area contributed by atoms with Crippen molar-refractivity contribution in [3.05, 3.63) is 60.8 Å². The highest BCUT2D eigenvalue weighted by atomic mass is 16.7. The number of hydrogen-bond acceptors (Lipinski definition) is 11. The number of carboxylic acids is 1. The normalized spacial score (nSPS) is 18.5. The molecule has 6 atom stereocenters. The van der Waals surface area contributed by atoms with Crippen LogP contribution in [0.2, 0.25) is 0 Å². The van der Waals surface area contributed by atoms with Gasteiger partial charge in [-0.3, -0.25) is 14.4 Å². The van der Waals surface area contributed by atoms with Crippen LogP contribution in [-0.2, 0) is 42.9 Å². The van der Waals surface area contributed by atoms with Crippen LogP contribution >= 0.6 is 0 Å². The molecule has 1 aliphatic heterocycles. The molecule has 1 aliphatic rings. The molecule has 0 aromatic heterocycles. The van der Waals surface area contributed by atoms with E-state index in [-0.39, 0.29) is 25.9 Å². The standard InChI is InChI=1S/C63H108O12/c1-4-7-10-13-16-19-22-24-26-28-30-32-35-37-40-43-46-49-55(64)71-52-54(73-56(65)50-47-44-41-38-34-21-18-15-12-9-6-3)53-72-63-61(59(68)58(67)60(75-63)62(69)70)74-57(66)51-48-45-42-39-36-33-31-29-27-25-23-20-17-14-11-8-5-2/h8,11,17,20,25,27,31,33,39,42,54,58-61,63,67-68H,4-7,9-10,12-16,18-19,21-24,26,28-30,32,34-38,40-41,43-53H2,1-3H3,(H,69,70)/b11-8-,20-17-,27-25-,33-31-,42-39-. The molecule has 432 valence electrons. The number of rotatable bonds is 51. The molecule has 6 unspecified atom stereocenters. The lowest BCUT2D eigenvalue weighted by atomic mass is 9.98. The van der Waals surface area contributed by atoms with Crippen LogP contribution in [0.15, 0.2) is 60.8 Å². The molecule has 0 saturated carbocycles. The van der Waals surface area contributed by atoms with E-state index < -0.39 is 67.3 Å². The van der Waals surface area contributed by atoms with Gasteiger partial charge in [0, 0.05) is 19.3 Å². The maximum atomic E-state index is 13.1. The van der Waals surface area contributed by atoms with E-state index in [0.29, 0.717) is 25.7 Å². The van der Waals surface area contributed by atoms with Crippen LogP contribution in [0, 0.1) is 0 Å². The first-order valence-corrected chi connectivity index (χ1v) is 30.3. The Morgan fingerprint density at radius 2 is 0.840 bits per heavy atom. The van der Waals surface area contributed by atoms with Gasteiger partial charge in [-0.25, -0.2) is 4.79 Å². The average Bonchev–Trinajstić information content (AvgIpc) is 3.39. The van der Waals surface area contributed by atoms with Gasteiger partial charge < -0.3 is 39.0 Å². The zero-order chi connectivity index (χ0) is 54.7. The number of hydrogen-bond donors (Lipinski definition) is 3. The van der Waals surface area contributed by atoms with Crippen molar-refractivity contribution in [1.82, 2.24) is 0 Å². The molecule has 0 spiro atoms. The van der Waals surface area contributed by atoms with E-state index in [1.54, 1.807) is 0 Å². The molecular weight excluding hydrogens is 949 g/mol. The minimum atomic E-state index is -1.92. The third kappa shape index (κ3) is 41.2. The fourth-order valence-electron chi connectivity index (χ4n) is 8.99. The van der Waals surface area contributed by atoms with Crippen LogP contribution in [-0.4, -0.2) is 89.2 Å². The molecule has 0 aromatic carbocycles. The Bertz CT molecular complexity index is 1540. The quantitative estimate of drug-likeness (QED) is 0.0228. The molecule has 0 aliphatic carbocycles. The summed E-state index contributed by atoms with van der Waals surface area (Å²) in [6.45, 7) is 5.87. The first-order valence-electron chi connectivity index (χ1n) is 30.3. The van der Waals surface area contributed by atoms with Gasteiger partial charge in [0.1, 0.15) is 18.8 Å². The molecule has 0 amide bonds. The highest BCUT2D eigenvalue weighted by Gasteiger charge is 2.50. The number of aliphatic carboxylic acids is 1. The minimum absolute atomic E-state index is 0.0165. The Morgan fingerprint density at radius 1 is 0.453 bits per heavy atom. The van der Waals surface area contributed by atoms with Gasteiger partial charge in [-0.1, -0.05) is 248 Å². The van der Waals surface area contributed by atoms with Crippen molar-refractivity contribution in [2.45, 2.75) is 302 Å². The first kappa shape index (κ1) is 69.4. The summed E-state index contributed by atoms with van der Waals surface area (Å²) in [5.41, 5.74) is 0. The van der Waals surface area contributed by atoms with Crippen LogP contribution in [0.5, 0.6) is 0 Å². The van der Waals surface area contributed by atoms with E-state index in [1.807, 2.05) is 12.2 Å². The Hall–Kier alpha value is -3.58. The van der Waals surface area contributed by atoms with Gasteiger partial charge in [0.05, 0.1) is 6.61 Å². The number of carbonyl (C=O) groups is 4. The minimum Gasteiger partial charge on any atom is -0.479 e. The number of ether oxygens (including phenoxy) is 5. The Morgan fingerprint density at radius 3 is 1.27 bits per heavy atom. The maximum absolute atomic E-state index is 13.1. The second-order valence-corrected chi connectivity index (χ2v) is 20.6. The third-order valence-electron chi connectivity index (χ3n) is 13.6. The predicted octanol–water partition coefficient (Wildman–Crippen LogP) is 15.6. The summed E-state index contributed by atoms with van der Waals surface area (Å²) in [6, 6.07) is 0. The fourth-order valence-corrected chi connectivity index (χ4v) is 8.99. The van der Waals surface area contributed by atoms with Gasteiger partial charge in [-0.2, -0.15) is 0 Å². The van der Waals surface area contributed by atoms with Crippen LogP contribution in [0.25, 0.3) is 0 Å². The smallest absolute Gasteiger partial charge is 0.335 e. The van der Waals surface area contributed by atoms with E-state index >= 15 is 0 Å². The number of carbonyl (C=O) groups excluding carboxylic acids is 3. The van der Waals surface area contributed by atoms with Crippen LogP contribution in [0.3, 0.4) is 0 Å². The van der Waals surface area contributed by atoms with E-state index in [1.165, 1.54) is 128 Å². The highest BCUT2D eigenvalue weighted by molar-refractivity contribution is 5.74. The number of esters is 3. The fraction of sp³-hybridized carbons (Fsp3) is 0.778. The van der Waals surface area contributed by atoms with E-state index in [0.717, 1.165) is 70.6 Å². The summed E-state index contributed by atoms with van der Waals surface area (Å²) in [5.74, 6) is -3.18. The molecule has 1 heterocycles. The van der Waals surface area contributed by atoms with Gasteiger partial charge in [0.2, 0.25) is 0 Å². The van der Waals surface area contributed by atoms with Crippen molar-refractivity contribution in [2.24, 2.45) is 0 Å². The van der Waals surface area contributed by atoms with E-state index in [4.69, 9.17) is 23.7 Å². The number of carboxylic acid groups (broad SMARTS) is 1. The second kappa shape index (κ2) is 51.2. The number of unbranched alkanes of at least 4 members (excludes halogenated alkanes) is 27. The Labute approximate surface area is 456 Å². The van der Waals surface area contributed by atoms with E-state index in [2.05, 4.69) is 69.4 Å².